The summed E-state index contributed by atoms with van der Waals surface area (Å²) in [5, 5.41) is 8.65. The highest BCUT2D eigenvalue weighted by Gasteiger charge is 2.51. The summed E-state index contributed by atoms with van der Waals surface area (Å²) in [7, 11) is 0. The molecular formula is C10H14N2O4. The zero-order valence-corrected chi connectivity index (χ0v) is 9.05. The minimum Gasteiger partial charge on any atom is -0.480 e. The number of fused-ring (bicyclic) bond motifs is 1. The maximum atomic E-state index is 11.8. The smallest absolute Gasteiger partial charge is 0.317 e. The van der Waals surface area contributed by atoms with E-state index < -0.39 is 5.97 Å². The number of carboxylic acid groups (broad SMARTS) is 1. The number of likely N-dealkylation sites (tertiary alicyclic amines) is 2. The van der Waals surface area contributed by atoms with Crippen molar-refractivity contribution in [2.24, 2.45) is 11.8 Å². The van der Waals surface area contributed by atoms with Crippen molar-refractivity contribution >= 4 is 17.8 Å². The Bertz CT molecular complexity index is 331. The number of hydrogen-bond acceptors (Lipinski definition) is 4. The van der Waals surface area contributed by atoms with E-state index in [1.54, 1.807) is 11.8 Å². The molecule has 2 fully saturated rings. The Hall–Kier alpha value is -1.43. The molecule has 16 heavy (non-hydrogen) atoms. The van der Waals surface area contributed by atoms with Gasteiger partial charge in [0.05, 0.1) is 18.4 Å². The molecule has 0 spiro atoms. The van der Waals surface area contributed by atoms with Gasteiger partial charge in [0.25, 0.3) is 0 Å². The van der Waals surface area contributed by atoms with Gasteiger partial charge in [0, 0.05) is 19.6 Å². The fourth-order valence-electron chi connectivity index (χ4n) is 2.53. The molecule has 88 valence electrons. The number of imide groups is 1. The van der Waals surface area contributed by atoms with Crippen LogP contribution >= 0.6 is 0 Å². The van der Waals surface area contributed by atoms with Gasteiger partial charge in [-0.15, -0.1) is 0 Å². The van der Waals surface area contributed by atoms with Crippen LogP contribution in [0.4, 0.5) is 0 Å². The normalized spacial score (nSPS) is 29.9. The minimum atomic E-state index is -0.924. The Morgan fingerprint density at radius 2 is 1.81 bits per heavy atom. The molecule has 0 aromatic rings. The summed E-state index contributed by atoms with van der Waals surface area (Å²) >= 11 is 0. The van der Waals surface area contributed by atoms with Crippen LogP contribution in [0, 0.1) is 11.8 Å². The van der Waals surface area contributed by atoms with E-state index in [0.717, 1.165) is 0 Å². The van der Waals surface area contributed by atoms with Crippen molar-refractivity contribution in [3.8, 4) is 0 Å². The molecule has 2 rings (SSSR count). The Labute approximate surface area is 92.8 Å². The lowest BCUT2D eigenvalue weighted by molar-refractivity contribution is -0.142. The topological polar surface area (TPSA) is 77.9 Å². The van der Waals surface area contributed by atoms with E-state index >= 15 is 0 Å². The van der Waals surface area contributed by atoms with E-state index in [4.69, 9.17) is 5.11 Å². The standard InChI is InChI=1S/C10H14N2O4/c1-2-12-9(15)6-3-11(5-8(13)14)4-7(6)10(12)16/h6-7H,2-5H2,1H3,(H,13,14)/t6-,7-/m1/s1. The van der Waals surface area contributed by atoms with Crippen LogP contribution in [-0.4, -0.2) is 58.9 Å². The van der Waals surface area contributed by atoms with Gasteiger partial charge in [0.15, 0.2) is 0 Å². The summed E-state index contributed by atoms with van der Waals surface area (Å²) in [6.45, 7) is 2.85. The summed E-state index contributed by atoms with van der Waals surface area (Å²) in [5.41, 5.74) is 0. The van der Waals surface area contributed by atoms with Crippen LogP contribution in [0.3, 0.4) is 0 Å². The Kier molecular flexibility index (Phi) is 2.67. The second-order valence-corrected chi connectivity index (χ2v) is 4.22. The largest absolute Gasteiger partial charge is 0.480 e. The third-order valence-corrected chi connectivity index (χ3v) is 3.24. The molecule has 2 atom stereocenters. The number of nitrogens with zero attached hydrogens (tertiary/aromatic N) is 2. The van der Waals surface area contributed by atoms with Gasteiger partial charge in [-0.05, 0) is 6.92 Å². The van der Waals surface area contributed by atoms with Gasteiger partial charge in [-0.25, -0.2) is 0 Å². The minimum absolute atomic E-state index is 0.0975. The average Bonchev–Trinajstić information content (AvgIpc) is 2.68. The van der Waals surface area contributed by atoms with Crippen LogP contribution in [-0.2, 0) is 14.4 Å². The molecule has 2 aliphatic heterocycles. The lowest BCUT2D eigenvalue weighted by Crippen LogP contribution is -2.37. The van der Waals surface area contributed by atoms with E-state index in [1.807, 2.05) is 0 Å². The third kappa shape index (κ3) is 1.59. The molecule has 0 radical (unpaired) electrons. The molecule has 0 unspecified atom stereocenters. The van der Waals surface area contributed by atoms with Gasteiger partial charge in [-0.3, -0.25) is 24.2 Å². The van der Waals surface area contributed by atoms with Crippen LogP contribution < -0.4 is 0 Å². The molecule has 6 nitrogen and oxygen atoms in total. The highest BCUT2D eigenvalue weighted by molar-refractivity contribution is 6.05. The number of hydrogen-bond donors (Lipinski definition) is 1. The maximum Gasteiger partial charge on any atom is 0.317 e. The van der Waals surface area contributed by atoms with Crippen molar-refractivity contribution in [1.29, 1.82) is 0 Å². The van der Waals surface area contributed by atoms with Gasteiger partial charge in [0.2, 0.25) is 11.8 Å². The first kappa shape index (κ1) is 11.1. The maximum absolute atomic E-state index is 11.8. The average molecular weight is 226 g/mol. The predicted molar refractivity (Wildman–Crippen MR) is 53.4 cm³/mol. The molecule has 2 heterocycles. The molecular weight excluding hydrogens is 212 g/mol. The molecule has 6 heteroatoms. The van der Waals surface area contributed by atoms with E-state index in [0.29, 0.717) is 19.6 Å². The lowest BCUT2D eigenvalue weighted by atomic mass is 10.00. The van der Waals surface area contributed by atoms with Gasteiger partial charge < -0.3 is 5.11 Å². The first-order chi connectivity index (χ1) is 7.54. The summed E-state index contributed by atoms with van der Waals surface area (Å²) in [4.78, 5) is 37.0. The number of carbonyl (C=O) groups excluding carboxylic acids is 2. The zero-order valence-electron chi connectivity index (χ0n) is 9.05. The van der Waals surface area contributed by atoms with E-state index in [9.17, 15) is 14.4 Å². The predicted octanol–water partition coefficient (Wildman–Crippen LogP) is -0.992. The van der Waals surface area contributed by atoms with Crippen LogP contribution in [0.1, 0.15) is 6.92 Å². The molecule has 0 aromatic heterocycles. The fourth-order valence-corrected chi connectivity index (χ4v) is 2.53. The quantitative estimate of drug-likeness (QED) is 0.625. The van der Waals surface area contributed by atoms with Crippen LogP contribution in [0.15, 0.2) is 0 Å². The molecule has 2 saturated heterocycles. The van der Waals surface area contributed by atoms with Crippen molar-refractivity contribution < 1.29 is 19.5 Å². The van der Waals surface area contributed by atoms with Gasteiger partial charge in [0.1, 0.15) is 0 Å². The Morgan fingerprint density at radius 3 is 2.19 bits per heavy atom. The molecule has 0 aliphatic carbocycles. The summed E-state index contributed by atoms with van der Waals surface area (Å²) in [6, 6.07) is 0. The second-order valence-electron chi connectivity index (χ2n) is 4.22. The van der Waals surface area contributed by atoms with Crippen molar-refractivity contribution in [1.82, 2.24) is 9.80 Å². The molecule has 1 N–H and O–H groups in total. The first-order valence-corrected chi connectivity index (χ1v) is 5.34. The molecule has 0 saturated carbocycles. The first-order valence-electron chi connectivity index (χ1n) is 5.34. The van der Waals surface area contributed by atoms with Crippen molar-refractivity contribution in [2.45, 2.75) is 6.92 Å². The van der Waals surface area contributed by atoms with E-state index in [1.165, 1.54) is 4.90 Å². The van der Waals surface area contributed by atoms with Crippen molar-refractivity contribution in [2.75, 3.05) is 26.2 Å². The van der Waals surface area contributed by atoms with Crippen LogP contribution in [0.5, 0.6) is 0 Å². The number of rotatable bonds is 3. The SMILES string of the molecule is CCN1C(=O)[C@@H]2CN(CC(=O)O)C[C@H]2C1=O. The molecule has 2 amide bonds. The Balaban J connectivity index is 2.08. The van der Waals surface area contributed by atoms with Gasteiger partial charge in [-0.1, -0.05) is 0 Å². The summed E-state index contributed by atoms with van der Waals surface area (Å²) in [6.07, 6.45) is 0. The monoisotopic (exact) mass is 226 g/mol. The zero-order chi connectivity index (χ0) is 11.9. The number of carbonyl (C=O) groups is 3. The van der Waals surface area contributed by atoms with Crippen LogP contribution in [0.25, 0.3) is 0 Å². The number of amides is 2. The van der Waals surface area contributed by atoms with E-state index in [-0.39, 0.29) is 30.2 Å². The van der Waals surface area contributed by atoms with Crippen LogP contribution in [0.2, 0.25) is 0 Å². The number of carboxylic acids is 1. The Morgan fingerprint density at radius 1 is 1.31 bits per heavy atom. The summed E-state index contributed by atoms with van der Waals surface area (Å²) < 4.78 is 0. The highest BCUT2D eigenvalue weighted by Crippen LogP contribution is 2.32. The van der Waals surface area contributed by atoms with Gasteiger partial charge >= 0.3 is 5.97 Å². The number of aliphatic carboxylic acids is 1. The van der Waals surface area contributed by atoms with Crippen molar-refractivity contribution in [3.05, 3.63) is 0 Å². The summed E-state index contributed by atoms with van der Waals surface area (Å²) in [5.74, 6) is -1.87. The third-order valence-electron chi connectivity index (χ3n) is 3.24. The highest BCUT2D eigenvalue weighted by atomic mass is 16.4. The van der Waals surface area contributed by atoms with E-state index in [2.05, 4.69) is 0 Å². The van der Waals surface area contributed by atoms with Gasteiger partial charge in [-0.2, -0.15) is 0 Å². The second kappa shape index (κ2) is 3.86. The molecule has 0 aromatic carbocycles. The fraction of sp³-hybridized carbons (Fsp3) is 0.700. The molecule has 2 aliphatic rings. The van der Waals surface area contributed by atoms with Crippen molar-refractivity contribution in [3.63, 3.8) is 0 Å². The molecule has 0 bridgehead atoms. The lowest BCUT2D eigenvalue weighted by Gasteiger charge is -2.17.